The SMILES string of the molecule is CC(=O)N(c1ccccc1)c1nc(CSc2nnc(-c3ccc(Cl)cc3)n2C)cs1. The molecular weight excluding hydrogens is 438 g/mol. The third-order valence-electron chi connectivity index (χ3n) is 4.35. The molecule has 4 aromatic rings. The standard InChI is InChI=1S/C21H18ClN5OS2/c1-14(28)27(18-6-4-3-5-7-18)20-23-17(12-29-20)13-30-21-25-24-19(26(21)2)15-8-10-16(22)11-9-15/h3-12H,13H2,1-2H3. The number of para-hydroxylation sites is 1. The van der Waals surface area contributed by atoms with Gasteiger partial charge >= 0.3 is 0 Å². The van der Waals surface area contributed by atoms with E-state index in [0.29, 0.717) is 15.9 Å². The number of aromatic nitrogens is 4. The highest BCUT2D eigenvalue weighted by Crippen LogP contribution is 2.31. The number of carbonyl (C=O) groups excluding carboxylic acids is 1. The Morgan fingerprint density at radius 1 is 1.13 bits per heavy atom. The summed E-state index contributed by atoms with van der Waals surface area (Å²) in [6.07, 6.45) is 0. The zero-order valence-electron chi connectivity index (χ0n) is 16.3. The minimum Gasteiger partial charge on any atom is -0.305 e. The molecule has 2 aromatic carbocycles. The van der Waals surface area contributed by atoms with E-state index >= 15 is 0 Å². The average Bonchev–Trinajstić information content (AvgIpc) is 3.34. The van der Waals surface area contributed by atoms with Gasteiger partial charge in [-0.1, -0.05) is 41.6 Å². The average molecular weight is 456 g/mol. The topological polar surface area (TPSA) is 63.9 Å². The lowest BCUT2D eigenvalue weighted by Gasteiger charge is -2.17. The van der Waals surface area contributed by atoms with Crippen LogP contribution in [0.25, 0.3) is 11.4 Å². The van der Waals surface area contributed by atoms with Gasteiger partial charge in [-0.25, -0.2) is 4.98 Å². The van der Waals surface area contributed by atoms with Crippen LogP contribution in [0.3, 0.4) is 0 Å². The second-order valence-electron chi connectivity index (χ2n) is 6.47. The summed E-state index contributed by atoms with van der Waals surface area (Å²) in [5.74, 6) is 1.33. The fourth-order valence-corrected chi connectivity index (χ4v) is 4.82. The van der Waals surface area contributed by atoms with Crippen LogP contribution in [0.15, 0.2) is 65.1 Å². The summed E-state index contributed by atoms with van der Waals surface area (Å²) in [6, 6.07) is 17.0. The van der Waals surface area contributed by atoms with Gasteiger partial charge in [0, 0.05) is 35.7 Å². The highest BCUT2D eigenvalue weighted by molar-refractivity contribution is 7.98. The van der Waals surface area contributed by atoms with Crippen molar-refractivity contribution in [1.82, 2.24) is 19.7 Å². The van der Waals surface area contributed by atoms with Crippen molar-refractivity contribution in [1.29, 1.82) is 0 Å². The van der Waals surface area contributed by atoms with Gasteiger partial charge < -0.3 is 4.57 Å². The van der Waals surface area contributed by atoms with Gasteiger partial charge in [-0.05, 0) is 36.4 Å². The van der Waals surface area contributed by atoms with Crippen molar-refractivity contribution in [2.24, 2.45) is 7.05 Å². The van der Waals surface area contributed by atoms with Crippen molar-refractivity contribution in [2.75, 3.05) is 4.90 Å². The number of thioether (sulfide) groups is 1. The Kier molecular flexibility index (Phi) is 6.17. The van der Waals surface area contributed by atoms with E-state index in [4.69, 9.17) is 11.6 Å². The molecule has 2 aromatic heterocycles. The molecule has 9 heteroatoms. The third-order valence-corrected chi connectivity index (χ3v) is 6.53. The third kappa shape index (κ3) is 4.40. The fraction of sp³-hybridized carbons (Fsp3) is 0.143. The molecule has 152 valence electrons. The van der Waals surface area contributed by atoms with Crippen LogP contribution in [0.1, 0.15) is 12.6 Å². The number of hydrogen-bond donors (Lipinski definition) is 0. The van der Waals surface area contributed by atoms with Gasteiger partial charge in [-0.2, -0.15) is 0 Å². The van der Waals surface area contributed by atoms with Gasteiger partial charge in [0.2, 0.25) is 5.91 Å². The fourth-order valence-electron chi connectivity index (χ4n) is 2.90. The number of benzene rings is 2. The smallest absolute Gasteiger partial charge is 0.230 e. The summed E-state index contributed by atoms with van der Waals surface area (Å²) in [6.45, 7) is 1.54. The molecular formula is C21H18ClN5OS2. The van der Waals surface area contributed by atoms with E-state index in [-0.39, 0.29) is 5.91 Å². The van der Waals surface area contributed by atoms with Gasteiger partial charge in [-0.3, -0.25) is 9.69 Å². The molecule has 0 atom stereocenters. The van der Waals surface area contributed by atoms with Crippen LogP contribution in [0.4, 0.5) is 10.8 Å². The summed E-state index contributed by atoms with van der Waals surface area (Å²) in [5, 5.41) is 12.7. The number of amides is 1. The first kappa shape index (κ1) is 20.6. The van der Waals surface area contributed by atoms with E-state index in [1.807, 2.05) is 71.6 Å². The van der Waals surface area contributed by atoms with E-state index in [2.05, 4.69) is 15.2 Å². The zero-order valence-corrected chi connectivity index (χ0v) is 18.7. The largest absolute Gasteiger partial charge is 0.305 e. The highest BCUT2D eigenvalue weighted by atomic mass is 35.5. The Bertz CT molecular complexity index is 1160. The van der Waals surface area contributed by atoms with E-state index < -0.39 is 0 Å². The predicted molar refractivity (Wildman–Crippen MR) is 122 cm³/mol. The molecule has 6 nitrogen and oxygen atoms in total. The minimum atomic E-state index is -0.0735. The number of carbonyl (C=O) groups is 1. The molecule has 2 heterocycles. The quantitative estimate of drug-likeness (QED) is 0.356. The molecule has 0 aliphatic heterocycles. The molecule has 0 saturated heterocycles. The first-order valence-electron chi connectivity index (χ1n) is 9.11. The monoisotopic (exact) mass is 455 g/mol. The molecule has 0 unspecified atom stereocenters. The Morgan fingerprint density at radius 3 is 2.57 bits per heavy atom. The van der Waals surface area contributed by atoms with Crippen LogP contribution < -0.4 is 4.90 Å². The van der Waals surface area contributed by atoms with Crippen LogP contribution >= 0.6 is 34.7 Å². The molecule has 0 aliphatic carbocycles. The van der Waals surface area contributed by atoms with Crippen molar-refractivity contribution >= 4 is 51.4 Å². The molecule has 0 N–H and O–H groups in total. The van der Waals surface area contributed by atoms with Crippen molar-refractivity contribution in [3.8, 4) is 11.4 Å². The summed E-state index contributed by atoms with van der Waals surface area (Å²) < 4.78 is 1.95. The van der Waals surface area contributed by atoms with Gasteiger partial charge in [0.15, 0.2) is 16.1 Å². The Labute approximate surface area is 187 Å². The second-order valence-corrected chi connectivity index (χ2v) is 8.69. The molecule has 0 fully saturated rings. The van der Waals surface area contributed by atoms with Crippen molar-refractivity contribution in [3.05, 3.63) is 70.7 Å². The van der Waals surface area contributed by atoms with Crippen molar-refractivity contribution in [2.45, 2.75) is 17.8 Å². The lowest BCUT2D eigenvalue weighted by molar-refractivity contribution is -0.115. The number of halogens is 1. The molecule has 4 rings (SSSR count). The number of thiazole rings is 1. The molecule has 0 aliphatic rings. The summed E-state index contributed by atoms with van der Waals surface area (Å²) in [4.78, 5) is 18.5. The molecule has 0 bridgehead atoms. The lowest BCUT2D eigenvalue weighted by atomic mass is 10.2. The first-order chi connectivity index (χ1) is 14.5. The van der Waals surface area contributed by atoms with Crippen LogP contribution in [0.5, 0.6) is 0 Å². The van der Waals surface area contributed by atoms with Crippen LogP contribution in [-0.4, -0.2) is 25.7 Å². The predicted octanol–water partition coefficient (Wildman–Crippen LogP) is 5.57. The van der Waals surface area contributed by atoms with Crippen LogP contribution in [0.2, 0.25) is 5.02 Å². The van der Waals surface area contributed by atoms with E-state index in [1.165, 1.54) is 11.3 Å². The van der Waals surface area contributed by atoms with Gasteiger partial charge in [-0.15, -0.1) is 21.5 Å². The summed E-state index contributed by atoms with van der Waals surface area (Å²) >= 11 is 8.97. The molecule has 0 spiro atoms. The normalized spacial score (nSPS) is 10.9. The maximum absolute atomic E-state index is 12.2. The number of anilines is 2. The number of hydrogen-bond acceptors (Lipinski definition) is 6. The van der Waals surface area contributed by atoms with E-state index in [0.717, 1.165) is 27.9 Å². The molecule has 1 amide bonds. The van der Waals surface area contributed by atoms with Gasteiger partial charge in [0.1, 0.15) is 0 Å². The van der Waals surface area contributed by atoms with Crippen molar-refractivity contribution in [3.63, 3.8) is 0 Å². The number of nitrogens with zero attached hydrogens (tertiary/aromatic N) is 5. The lowest BCUT2D eigenvalue weighted by Crippen LogP contribution is -2.22. The molecule has 0 radical (unpaired) electrons. The molecule has 0 saturated carbocycles. The van der Waals surface area contributed by atoms with E-state index in [1.54, 1.807) is 23.6 Å². The Morgan fingerprint density at radius 2 is 1.87 bits per heavy atom. The van der Waals surface area contributed by atoms with Crippen LogP contribution in [0, 0.1) is 0 Å². The van der Waals surface area contributed by atoms with E-state index in [9.17, 15) is 4.79 Å². The first-order valence-corrected chi connectivity index (χ1v) is 11.4. The Hall–Kier alpha value is -2.68. The summed E-state index contributed by atoms with van der Waals surface area (Å²) in [5.41, 5.74) is 2.65. The maximum Gasteiger partial charge on any atom is 0.230 e. The minimum absolute atomic E-state index is 0.0735. The Balaban J connectivity index is 1.49. The second kappa shape index (κ2) is 8.99. The summed E-state index contributed by atoms with van der Waals surface area (Å²) in [7, 11) is 1.94. The maximum atomic E-state index is 12.2. The van der Waals surface area contributed by atoms with Gasteiger partial charge in [0.25, 0.3) is 0 Å². The molecule has 30 heavy (non-hydrogen) atoms. The van der Waals surface area contributed by atoms with Crippen molar-refractivity contribution < 1.29 is 4.79 Å². The zero-order chi connectivity index (χ0) is 21.1. The van der Waals surface area contributed by atoms with Crippen LogP contribution in [-0.2, 0) is 17.6 Å². The highest BCUT2D eigenvalue weighted by Gasteiger charge is 2.18. The van der Waals surface area contributed by atoms with Gasteiger partial charge in [0.05, 0.1) is 11.4 Å². The number of rotatable bonds is 6.